The van der Waals surface area contributed by atoms with Gasteiger partial charge in [-0.25, -0.2) is 4.98 Å². The number of aromatic nitrogens is 5. The lowest BCUT2D eigenvalue weighted by Crippen LogP contribution is -2.37. The molecule has 0 spiro atoms. The number of anilines is 2. The summed E-state index contributed by atoms with van der Waals surface area (Å²) in [5.74, 6) is 2.33. The summed E-state index contributed by atoms with van der Waals surface area (Å²) < 4.78 is 1.84. The van der Waals surface area contributed by atoms with E-state index < -0.39 is 0 Å². The first kappa shape index (κ1) is 24.3. The maximum atomic E-state index is 5.93. The Bertz CT molecular complexity index is 1570. The number of para-hydroxylation sites is 1. The van der Waals surface area contributed by atoms with Crippen molar-refractivity contribution in [2.45, 2.75) is 39.2 Å². The molecule has 8 nitrogen and oxygen atoms in total. The number of nitrogens with one attached hydrogen (secondary N) is 1. The zero-order valence-corrected chi connectivity index (χ0v) is 22.0. The molecule has 38 heavy (non-hydrogen) atoms. The van der Waals surface area contributed by atoms with E-state index in [1.807, 2.05) is 22.8 Å². The molecule has 5 aromatic rings. The van der Waals surface area contributed by atoms with E-state index in [2.05, 4.69) is 77.7 Å². The minimum absolute atomic E-state index is 0.311. The zero-order valence-electron chi connectivity index (χ0n) is 22.0. The number of benzene rings is 2. The lowest BCUT2D eigenvalue weighted by Gasteiger charge is -2.31. The van der Waals surface area contributed by atoms with Crippen molar-refractivity contribution >= 4 is 28.4 Å². The number of hydrogen-bond acceptors (Lipinski definition) is 7. The quantitative estimate of drug-likeness (QED) is 0.311. The molecule has 1 saturated heterocycles. The molecule has 3 aromatic heterocycles. The smallest absolute Gasteiger partial charge is 0.230 e. The standard InChI is InChI=1S/C30H34N8/c1-20(2)25-19-33-38-28(25)35-30(37-15-13-21(17-31)14-16-37)36-29(38)32-18-23-8-3-5-9-24(23)27-12-11-22-7-4-6-10-26(22)34-27/h3-12,19-21H,13-18,31H2,1-2H3,(H,32,35,36). The molecular weight excluding hydrogens is 472 g/mol. The molecule has 4 heterocycles. The topological polar surface area (TPSA) is 97.3 Å². The van der Waals surface area contributed by atoms with Crippen LogP contribution in [-0.2, 0) is 6.54 Å². The Morgan fingerprint density at radius 1 is 0.947 bits per heavy atom. The molecule has 0 amide bonds. The summed E-state index contributed by atoms with van der Waals surface area (Å²) in [6.07, 6.45) is 4.05. The summed E-state index contributed by atoms with van der Waals surface area (Å²) in [5.41, 5.74) is 12.1. The van der Waals surface area contributed by atoms with Gasteiger partial charge in [-0.2, -0.15) is 19.6 Å². The first-order chi connectivity index (χ1) is 18.6. The lowest BCUT2D eigenvalue weighted by molar-refractivity contribution is 0.411. The molecular formula is C30H34N8. The minimum atomic E-state index is 0.311. The number of pyridine rings is 1. The van der Waals surface area contributed by atoms with E-state index in [9.17, 15) is 0 Å². The highest BCUT2D eigenvalue weighted by molar-refractivity contribution is 5.82. The molecule has 3 N–H and O–H groups in total. The summed E-state index contributed by atoms with van der Waals surface area (Å²) in [7, 11) is 0. The van der Waals surface area contributed by atoms with Gasteiger partial charge in [-0.15, -0.1) is 0 Å². The Kier molecular flexibility index (Phi) is 6.64. The van der Waals surface area contributed by atoms with Crippen molar-refractivity contribution in [2.75, 3.05) is 29.9 Å². The van der Waals surface area contributed by atoms with Gasteiger partial charge in [0.05, 0.1) is 17.4 Å². The summed E-state index contributed by atoms with van der Waals surface area (Å²) >= 11 is 0. The van der Waals surface area contributed by atoms with E-state index in [0.717, 1.165) is 77.4 Å². The van der Waals surface area contributed by atoms with Crippen molar-refractivity contribution in [1.82, 2.24) is 24.6 Å². The number of nitrogens with two attached hydrogens (primary N) is 1. The van der Waals surface area contributed by atoms with Gasteiger partial charge < -0.3 is 16.0 Å². The summed E-state index contributed by atoms with van der Waals surface area (Å²) in [4.78, 5) is 17.2. The highest BCUT2D eigenvalue weighted by Gasteiger charge is 2.23. The van der Waals surface area contributed by atoms with E-state index in [1.54, 1.807) is 0 Å². The van der Waals surface area contributed by atoms with Crippen LogP contribution in [0.3, 0.4) is 0 Å². The van der Waals surface area contributed by atoms with Crippen LogP contribution in [0.2, 0.25) is 0 Å². The Morgan fingerprint density at radius 2 is 1.74 bits per heavy atom. The van der Waals surface area contributed by atoms with Crippen LogP contribution in [-0.4, -0.2) is 44.2 Å². The third-order valence-corrected chi connectivity index (χ3v) is 7.56. The van der Waals surface area contributed by atoms with Gasteiger partial charge in [0, 0.05) is 36.1 Å². The van der Waals surface area contributed by atoms with Crippen molar-refractivity contribution in [3.63, 3.8) is 0 Å². The molecule has 0 unspecified atom stereocenters. The van der Waals surface area contributed by atoms with E-state index in [1.165, 1.54) is 0 Å². The molecule has 6 rings (SSSR count). The number of hydrogen-bond donors (Lipinski definition) is 2. The van der Waals surface area contributed by atoms with Crippen LogP contribution in [0.1, 0.15) is 43.7 Å². The third kappa shape index (κ3) is 4.67. The van der Waals surface area contributed by atoms with Crippen molar-refractivity contribution in [3.8, 4) is 11.3 Å². The van der Waals surface area contributed by atoms with Crippen molar-refractivity contribution in [2.24, 2.45) is 11.7 Å². The average Bonchev–Trinajstić information content (AvgIpc) is 3.40. The molecule has 0 saturated carbocycles. The van der Waals surface area contributed by atoms with Crippen LogP contribution >= 0.6 is 0 Å². The van der Waals surface area contributed by atoms with Crippen molar-refractivity contribution in [1.29, 1.82) is 0 Å². The second kappa shape index (κ2) is 10.4. The molecule has 194 valence electrons. The molecule has 2 aromatic carbocycles. The monoisotopic (exact) mass is 506 g/mol. The largest absolute Gasteiger partial charge is 0.350 e. The molecule has 1 aliphatic heterocycles. The Morgan fingerprint density at radius 3 is 2.55 bits per heavy atom. The second-order valence-corrected chi connectivity index (χ2v) is 10.4. The van der Waals surface area contributed by atoms with Crippen molar-refractivity contribution < 1.29 is 0 Å². The van der Waals surface area contributed by atoms with Crippen LogP contribution < -0.4 is 16.0 Å². The highest BCUT2D eigenvalue weighted by atomic mass is 15.4. The van der Waals surface area contributed by atoms with E-state index in [4.69, 9.17) is 20.7 Å². The Labute approximate surface area is 222 Å². The van der Waals surface area contributed by atoms with Crippen molar-refractivity contribution in [3.05, 3.63) is 78.0 Å². The van der Waals surface area contributed by atoms with Gasteiger partial charge in [-0.1, -0.05) is 62.4 Å². The highest BCUT2D eigenvalue weighted by Crippen LogP contribution is 2.28. The fraction of sp³-hybridized carbons (Fsp3) is 0.333. The second-order valence-electron chi connectivity index (χ2n) is 10.4. The van der Waals surface area contributed by atoms with Crippen LogP contribution in [0.25, 0.3) is 27.8 Å². The van der Waals surface area contributed by atoms with Crippen LogP contribution in [0.5, 0.6) is 0 Å². The Hall–Kier alpha value is -4.04. The predicted octanol–water partition coefficient (Wildman–Crippen LogP) is 5.25. The maximum Gasteiger partial charge on any atom is 0.230 e. The van der Waals surface area contributed by atoms with Crippen LogP contribution in [0.4, 0.5) is 11.9 Å². The summed E-state index contributed by atoms with van der Waals surface area (Å²) in [6, 6.07) is 20.8. The lowest BCUT2D eigenvalue weighted by atomic mass is 9.97. The van der Waals surface area contributed by atoms with Gasteiger partial charge in [0.15, 0.2) is 5.65 Å². The van der Waals surface area contributed by atoms with Crippen LogP contribution in [0, 0.1) is 5.92 Å². The predicted molar refractivity (Wildman–Crippen MR) is 153 cm³/mol. The van der Waals surface area contributed by atoms with Gasteiger partial charge in [0.1, 0.15) is 0 Å². The fourth-order valence-corrected chi connectivity index (χ4v) is 5.23. The van der Waals surface area contributed by atoms with E-state index >= 15 is 0 Å². The molecule has 8 heteroatoms. The van der Waals surface area contributed by atoms with Gasteiger partial charge in [0.25, 0.3) is 0 Å². The summed E-state index contributed by atoms with van der Waals surface area (Å²) in [6.45, 7) is 7.50. The van der Waals surface area contributed by atoms with Gasteiger partial charge in [-0.3, -0.25) is 0 Å². The maximum absolute atomic E-state index is 5.93. The first-order valence-electron chi connectivity index (χ1n) is 13.5. The van der Waals surface area contributed by atoms with E-state index in [-0.39, 0.29) is 0 Å². The third-order valence-electron chi connectivity index (χ3n) is 7.56. The normalized spacial score (nSPS) is 14.6. The van der Waals surface area contributed by atoms with Crippen LogP contribution in [0.15, 0.2) is 66.9 Å². The molecule has 0 aliphatic carbocycles. The number of nitrogens with zero attached hydrogens (tertiary/aromatic N) is 6. The molecule has 0 atom stereocenters. The molecule has 0 radical (unpaired) electrons. The number of piperidine rings is 1. The fourth-order valence-electron chi connectivity index (χ4n) is 5.23. The average molecular weight is 507 g/mol. The van der Waals surface area contributed by atoms with E-state index in [0.29, 0.717) is 24.3 Å². The molecule has 0 bridgehead atoms. The SMILES string of the molecule is CC(C)c1cnn2c(NCc3ccccc3-c3ccc4ccccc4n3)nc(N3CCC(CN)CC3)nc12. The first-order valence-corrected chi connectivity index (χ1v) is 13.5. The van der Waals surface area contributed by atoms with Gasteiger partial charge >= 0.3 is 0 Å². The number of rotatable bonds is 7. The zero-order chi connectivity index (χ0) is 26.1. The number of fused-ring (bicyclic) bond motifs is 2. The molecule has 1 aliphatic rings. The van der Waals surface area contributed by atoms with Gasteiger partial charge in [0.2, 0.25) is 11.9 Å². The minimum Gasteiger partial charge on any atom is -0.350 e. The molecule has 1 fully saturated rings. The Balaban J connectivity index is 1.33. The van der Waals surface area contributed by atoms with Gasteiger partial charge in [-0.05, 0) is 48.9 Å². The summed E-state index contributed by atoms with van der Waals surface area (Å²) in [5, 5.41) is 9.38.